The summed E-state index contributed by atoms with van der Waals surface area (Å²) in [4.78, 5) is 36.5. The molecule has 0 bridgehead atoms. The zero-order valence-electron chi connectivity index (χ0n) is 16.3. The van der Waals surface area contributed by atoms with Crippen LogP contribution in [0.15, 0.2) is 72.8 Å². The minimum absolute atomic E-state index is 0.0566. The topological polar surface area (TPSA) is 81.7 Å². The Morgan fingerprint density at radius 1 is 0.867 bits per heavy atom. The molecule has 1 heterocycles. The van der Waals surface area contributed by atoms with Gasteiger partial charge in [0.05, 0.1) is 0 Å². The molecule has 0 saturated heterocycles. The second-order valence-corrected chi connectivity index (χ2v) is 6.90. The van der Waals surface area contributed by atoms with Crippen LogP contribution in [0.4, 0.5) is 5.69 Å². The highest BCUT2D eigenvalue weighted by Gasteiger charge is 2.33. The van der Waals surface area contributed by atoms with Crippen molar-refractivity contribution in [2.24, 2.45) is 0 Å². The van der Waals surface area contributed by atoms with E-state index in [0.29, 0.717) is 33.9 Å². The maximum atomic E-state index is 12.9. The van der Waals surface area contributed by atoms with Crippen molar-refractivity contribution in [3.63, 3.8) is 0 Å². The van der Waals surface area contributed by atoms with Crippen LogP contribution >= 0.6 is 0 Å². The fourth-order valence-electron chi connectivity index (χ4n) is 3.37. The first-order chi connectivity index (χ1) is 14.5. The number of carbonyl (C=O) groups excluding carboxylic acids is 3. The van der Waals surface area contributed by atoms with Crippen LogP contribution in [-0.2, 0) is 14.3 Å². The highest BCUT2D eigenvalue weighted by molar-refractivity contribution is 5.96. The Hall–Kier alpha value is -3.93. The van der Waals surface area contributed by atoms with Gasteiger partial charge >= 0.3 is 5.97 Å². The number of hydrogen-bond acceptors (Lipinski definition) is 5. The molecule has 6 nitrogen and oxygen atoms in total. The third-order valence-electron chi connectivity index (χ3n) is 4.84. The normalized spacial score (nSPS) is 12.2. The van der Waals surface area contributed by atoms with Crippen LogP contribution in [0.5, 0.6) is 11.5 Å². The third-order valence-corrected chi connectivity index (χ3v) is 4.84. The minimum Gasteiger partial charge on any atom is -0.457 e. The van der Waals surface area contributed by atoms with Crippen molar-refractivity contribution in [3.8, 4) is 11.5 Å². The Morgan fingerprint density at radius 2 is 1.43 bits per heavy atom. The van der Waals surface area contributed by atoms with E-state index in [-0.39, 0.29) is 5.78 Å². The number of rotatable bonds is 5. The fourth-order valence-corrected chi connectivity index (χ4v) is 3.37. The first-order valence-corrected chi connectivity index (χ1v) is 9.46. The van der Waals surface area contributed by atoms with Crippen molar-refractivity contribution in [1.82, 2.24) is 0 Å². The largest absolute Gasteiger partial charge is 0.457 e. The van der Waals surface area contributed by atoms with Crippen LogP contribution in [-0.4, -0.2) is 24.3 Å². The Balaban J connectivity index is 1.45. The van der Waals surface area contributed by atoms with Gasteiger partial charge in [-0.1, -0.05) is 36.4 Å². The molecule has 1 aliphatic rings. The van der Waals surface area contributed by atoms with E-state index in [1.54, 1.807) is 36.4 Å². The van der Waals surface area contributed by atoms with Crippen LogP contribution in [0.1, 0.15) is 34.3 Å². The number of amides is 1. The van der Waals surface area contributed by atoms with Gasteiger partial charge in [0.15, 0.2) is 12.4 Å². The van der Waals surface area contributed by atoms with E-state index in [1.807, 2.05) is 36.4 Å². The summed E-state index contributed by atoms with van der Waals surface area (Å²) in [6.45, 7) is 1.05. The van der Waals surface area contributed by atoms with E-state index >= 15 is 0 Å². The molecule has 0 radical (unpaired) electrons. The van der Waals surface area contributed by atoms with Gasteiger partial charge in [-0.05, 0) is 43.3 Å². The summed E-state index contributed by atoms with van der Waals surface area (Å²) in [5.74, 6) is -0.540. The summed E-state index contributed by atoms with van der Waals surface area (Å²) in [6.07, 6.45) is 0. The number of nitrogens with one attached hydrogen (secondary N) is 1. The van der Waals surface area contributed by atoms with Gasteiger partial charge in [-0.15, -0.1) is 0 Å². The fraction of sp³-hybridized carbons (Fsp3) is 0.125. The average Bonchev–Trinajstić information content (AvgIpc) is 2.76. The first kappa shape index (κ1) is 19.4. The minimum atomic E-state index is -0.672. The van der Waals surface area contributed by atoms with E-state index in [1.165, 1.54) is 6.92 Å². The number of hydrogen-bond donors (Lipinski definition) is 1. The lowest BCUT2D eigenvalue weighted by Gasteiger charge is -2.26. The van der Waals surface area contributed by atoms with Crippen LogP contribution in [0.25, 0.3) is 0 Å². The van der Waals surface area contributed by atoms with Crippen molar-refractivity contribution in [2.75, 3.05) is 11.9 Å². The standard InChI is InChI=1S/C24H19NO5/c1-15(26)16-10-12-17(13-11-16)25-22(27)14-29-24(28)23-18-6-2-4-8-20(18)30-21-9-5-3-7-19(21)23/h2-13,23H,14H2,1H3,(H,25,27). The van der Waals surface area contributed by atoms with Gasteiger partial charge in [-0.2, -0.15) is 0 Å². The van der Waals surface area contributed by atoms with Gasteiger partial charge < -0.3 is 14.8 Å². The van der Waals surface area contributed by atoms with Crippen molar-refractivity contribution in [3.05, 3.63) is 89.5 Å². The second kappa shape index (κ2) is 8.21. The van der Waals surface area contributed by atoms with Gasteiger partial charge in [0.2, 0.25) is 0 Å². The Labute approximate surface area is 173 Å². The quantitative estimate of drug-likeness (QED) is 0.509. The Morgan fingerprint density at radius 3 is 2.00 bits per heavy atom. The molecule has 30 heavy (non-hydrogen) atoms. The van der Waals surface area contributed by atoms with Gasteiger partial charge in [0.25, 0.3) is 5.91 Å². The molecule has 0 saturated carbocycles. The van der Waals surface area contributed by atoms with Gasteiger partial charge in [-0.3, -0.25) is 14.4 Å². The molecule has 0 aliphatic carbocycles. The van der Waals surface area contributed by atoms with Gasteiger partial charge in [-0.25, -0.2) is 0 Å². The lowest BCUT2D eigenvalue weighted by atomic mass is 9.88. The molecule has 0 unspecified atom stereocenters. The highest BCUT2D eigenvalue weighted by atomic mass is 16.5. The summed E-state index contributed by atoms with van der Waals surface area (Å²) >= 11 is 0. The van der Waals surface area contributed by atoms with Crippen LogP contribution in [0.3, 0.4) is 0 Å². The van der Waals surface area contributed by atoms with Crippen molar-refractivity contribution in [1.29, 1.82) is 0 Å². The lowest BCUT2D eigenvalue weighted by Crippen LogP contribution is -2.26. The molecule has 6 heteroatoms. The van der Waals surface area contributed by atoms with Crippen LogP contribution in [0.2, 0.25) is 0 Å². The molecule has 1 N–H and O–H groups in total. The molecule has 0 fully saturated rings. The maximum Gasteiger partial charge on any atom is 0.318 e. The molecule has 4 rings (SSSR count). The zero-order valence-corrected chi connectivity index (χ0v) is 16.3. The van der Waals surface area contributed by atoms with Crippen molar-refractivity contribution >= 4 is 23.3 Å². The second-order valence-electron chi connectivity index (χ2n) is 6.90. The molecular weight excluding hydrogens is 382 g/mol. The van der Waals surface area contributed by atoms with Crippen molar-refractivity contribution < 1.29 is 23.9 Å². The molecular formula is C24H19NO5. The highest BCUT2D eigenvalue weighted by Crippen LogP contribution is 2.44. The Bertz CT molecular complexity index is 1070. The number of benzene rings is 3. The zero-order chi connectivity index (χ0) is 21.1. The molecule has 1 aliphatic heterocycles. The number of ether oxygens (including phenoxy) is 2. The number of fused-ring (bicyclic) bond motifs is 2. The third kappa shape index (κ3) is 3.93. The molecule has 1 amide bonds. The molecule has 0 spiro atoms. The maximum absolute atomic E-state index is 12.9. The number of anilines is 1. The summed E-state index contributed by atoms with van der Waals surface area (Å²) in [5, 5.41) is 2.65. The number of ketones is 1. The predicted octanol–water partition coefficient (Wildman–Crippen LogP) is 4.31. The van der Waals surface area contributed by atoms with E-state index in [4.69, 9.17) is 9.47 Å². The smallest absolute Gasteiger partial charge is 0.318 e. The monoisotopic (exact) mass is 401 g/mol. The van der Waals surface area contributed by atoms with Gasteiger partial charge in [0, 0.05) is 22.4 Å². The summed E-state index contributed by atoms with van der Waals surface area (Å²) in [7, 11) is 0. The summed E-state index contributed by atoms with van der Waals surface area (Å²) < 4.78 is 11.2. The summed E-state index contributed by atoms with van der Waals surface area (Å²) in [6, 6.07) is 21.0. The van der Waals surface area contributed by atoms with Crippen LogP contribution in [0, 0.1) is 0 Å². The molecule has 0 aromatic heterocycles. The van der Waals surface area contributed by atoms with Crippen LogP contribution < -0.4 is 10.1 Å². The average molecular weight is 401 g/mol. The molecule has 150 valence electrons. The van der Waals surface area contributed by atoms with E-state index < -0.39 is 24.4 Å². The lowest BCUT2D eigenvalue weighted by molar-refractivity contribution is -0.148. The van der Waals surface area contributed by atoms with E-state index in [2.05, 4.69) is 5.32 Å². The number of esters is 1. The van der Waals surface area contributed by atoms with E-state index in [9.17, 15) is 14.4 Å². The predicted molar refractivity (Wildman–Crippen MR) is 111 cm³/mol. The SMILES string of the molecule is CC(=O)c1ccc(NC(=O)COC(=O)C2c3ccccc3Oc3ccccc32)cc1. The number of para-hydroxylation sites is 2. The Kier molecular flexibility index (Phi) is 5.30. The van der Waals surface area contributed by atoms with Crippen molar-refractivity contribution in [2.45, 2.75) is 12.8 Å². The molecule has 0 atom stereocenters. The van der Waals surface area contributed by atoms with Gasteiger partial charge in [0.1, 0.15) is 17.4 Å². The summed E-state index contributed by atoms with van der Waals surface area (Å²) in [5.41, 5.74) is 2.46. The molecule has 3 aromatic carbocycles. The first-order valence-electron chi connectivity index (χ1n) is 9.46. The molecule has 3 aromatic rings. The number of Topliss-reactive ketones (excluding diaryl/α,β-unsaturated/α-hetero) is 1. The number of carbonyl (C=O) groups is 3. The van der Waals surface area contributed by atoms with E-state index in [0.717, 1.165) is 0 Å².